The molecule has 0 aromatic carbocycles. The summed E-state index contributed by atoms with van der Waals surface area (Å²) in [5.41, 5.74) is 0.789. The molecule has 2 aromatic heterocycles. The van der Waals surface area contributed by atoms with Gasteiger partial charge in [-0.3, -0.25) is 0 Å². The van der Waals surface area contributed by atoms with E-state index in [1.165, 1.54) is 11.3 Å². The Morgan fingerprint density at radius 2 is 2.33 bits per heavy atom. The summed E-state index contributed by atoms with van der Waals surface area (Å²) in [4.78, 5) is 15.3. The summed E-state index contributed by atoms with van der Waals surface area (Å²) in [5, 5.41) is 8.91. The zero-order chi connectivity index (χ0) is 10.8. The highest BCUT2D eigenvalue weighted by atomic mass is 35.5. The van der Waals surface area contributed by atoms with E-state index in [4.69, 9.17) is 16.7 Å². The van der Waals surface area contributed by atoms with E-state index in [0.29, 0.717) is 5.15 Å². The quantitative estimate of drug-likeness (QED) is 0.647. The van der Waals surface area contributed by atoms with E-state index < -0.39 is 5.97 Å². The molecule has 0 amide bonds. The van der Waals surface area contributed by atoms with E-state index in [1.54, 1.807) is 12.1 Å². The number of carboxylic acid groups (broad SMARTS) is 1. The molecule has 0 unspecified atom stereocenters. The molecule has 0 radical (unpaired) electrons. The number of carbonyl (C=O) groups is 1. The molecule has 76 valence electrons. The number of hydrogen-bond acceptors (Lipinski definition) is 3. The molecule has 15 heavy (non-hydrogen) atoms. The van der Waals surface area contributed by atoms with Crippen LogP contribution in [-0.2, 0) is 4.79 Å². The molecular weight excluding hydrogens is 234 g/mol. The van der Waals surface area contributed by atoms with Crippen LogP contribution in [0.5, 0.6) is 0 Å². The van der Waals surface area contributed by atoms with Gasteiger partial charge in [-0.2, -0.15) is 0 Å². The fourth-order valence-electron chi connectivity index (χ4n) is 1.15. The lowest BCUT2D eigenvalue weighted by Crippen LogP contribution is -1.84. The lowest BCUT2D eigenvalue weighted by atomic mass is 10.3. The SMILES string of the molecule is O=C(O)/C=C/c1cc2nc(Cl)ccc2s1. The van der Waals surface area contributed by atoms with Gasteiger partial charge in [-0.15, -0.1) is 11.3 Å². The first-order chi connectivity index (χ1) is 7.15. The first-order valence-corrected chi connectivity index (χ1v) is 5.32. The molecule has 5 heteroatoms. The number of hydrogen-bond donors (Lipinski definition) is 1. The number of aromatic nitrogens is 1. The first kappa shape index (κ1) is 10.1. The molecule has 2 rings (SSSR count). The maximum Gasteiger partial charge on any atom is 0.328 e. The van der Waals surface area contributed by atoms with Crippen LogP contribution in [0.25, 0.3) is 16.3 Å². The van der Waals surface area contributed by atoms with Crippen molar-refractivity contribution < 1.29 is 9.90 Å². The second kappa shape index (κ2) is 4.00. The summed E-state index contributed by atoms with van der Waals surface area (Å²) in [6.45, 7) is 0. The highest BCUT2D eigenvalue weighted by Crippen LogP contribution is 2.26. The van der Waals surface area contributed by atoms with Crippen LogP contribution in [0.2, 0.25) is 5.15 Å². The van der Waals surface area contributed by atoms with Crippen molar-refractivity contribution in [2.45, 2.75) is 0 Å². The predicted octanol–water partition coefficient (Wildman–Crippen LogP) is 3.05. The molecule has 0 saturated heterocycles. The number of thiophene rings is 1. The first-order valence-electron chi connectivity index (χ1n) is 4.12. The third-order valence-corrected chi connectivity index (χ3v) is 3.01. The van der Waals surface area contributed by atoms with Gasteiger partial charge in [-0.25, -0.2) is 9.78 Å². The normalized spacial score (nSPS) is 11.3. The monoisotopic (exact) mass is 239 g/mol. The number of nitrogens with zero attached hydrogens (tertiary/aromatic N) is 1. The minimum atomic E-state index is -0.960. The predicted molar refractivity (Wildman–Crippen MR) is 61.3 cm³/mol. The molecule has 0 spiro atoms. The van der Waals surface area contributed by atoms with Crippen LogP contribution in [0.1, 0.15) is 4.88 Å². The molecule has 1 N–H and O–H groups in total. The molecule has 2 aromatic rings. The van der Waals surface area contributed by atoms with Crippen molar-refractivity contribution in [2.75, 3.05) is 0 Å². The molecule has 0 saturated carbocycles. The average Bonchev–Trinajstić information content (AvgIpc) is 2.56. The van der Waals surface area contributed by atoms with Gasteiger partial charge < -0.3 is 5.11 Å². The van der Waals surface area contributed by atoms with Crippen molar-refractivity contribution in [1.29, 1.82) is 0 Å². The minimum Gasteiger partial charge on any atom is -0.478 e. The summed E-state index contributed by atoms with van der Waals surface area (Å²) in [6, 6.07) is 5.39. The zero-order valence-corrected chi connectivity index (χ0v) is 9.05. The van der Waals surface area contributed by atoms with Gasteiger partial charge in [-0.1, -0.05) is 11.6 Å². The van der Waals surface area contributed by atoms with Crippen LogP contribution in [0, 0.1) is 0 Å². The second-order valence-corrected chi connectivity index (χ2v) is 4.34. The highest BCUT2D eigenvalue weighted by molar-refractivity contribution is 7.19. The van der Waals surface area contributed by atoms with Gasteiger partial charge >= 0.3 is 5.97 Å². The summed E-state index contributed by atoms with van der Waals surface area (Å²) in [6.07, 6.45) is 2.65. The van der Waals surface area contributed by atoms with Crippen LogP contribution in [0.15, 0.2) is 24.3 Å². The van der Waals surface area contributed by atoms with Crippen molar-refractivity contribution in [3.05, 3.63) is 34.3 Å². The Hall–Kier alpha value is -1.39. The number of rotatable bonds is 2. The van der Waals surface area contributed by atoms with Crippen molar-refractivity contribution in [3.8, 4) is 0 Å². The third kappa shape index (κ3) is 2.34. The van der Waals surface area contributed by atoms with Crippen molar-refractivity contribution in [3.63, 3.8) is 0 Å². The number of aliphatic carboxylic acids is 1. The molecular formula is C10H6ClNO2S. The van der Waals surface area contributed by atoms with Crippen LogP contribution in [0.4, 0.5) is 0 Å². The van der Waals surface area contributed by atoms with E-state index in [1.807, 2.05) is 12.1 Å². The molecule has 2 heterocycles. The minimum absolute atomic E-state index is 0.439. The highest BCUT2D eigenvalue weighted by Gasteiger charge is 2.01. The average molecular weight is 240 g/mol. The van der Waals surface area contributed by atoms with Gasteiger partial charge in [0.1, 0.15) is 5.15 Å². The Bertz CT molecular complexity index is 547. The second-order valence-electron chi connectivity index (χ2n) is 2.84. The zero-order valence-electron chi connectivity index (χ0n) is 7.48. The number of halogens is 1. The van der Waals surface area contributed by atoms with E-state index in [2.05, 4.69) is 4.98 Å². The van der Waals surface area contributed by atoms with Gasteiger partial charge in [0.25, 0.3) is 0 Å². The molecule has 0 bridgehead atoms. The summed E-state index contributed by atoms with van der Waals surface area (Å²) >= 11 is 7.21. The van der Waals surface area contributed by atoms with E-state index in [9.17, 15) is 4.79 Å². The Balaban J connectivity index is 2.43. The molecule has 0 atom stereocenters. The van der Waals surface area contributed by atoms with Gasteiger partial charge in [0.15, 0.2) is 0 Å². The number of carboxylic acids is 1. The van der Waals surface area contributed by atoms with E-state index in [-0.39, 0.29) is 0 Å². The Morgan fingerprint density at radius 3 is 3.07 bits per heavy atom. The fraction of sp³-hybridized carbons (Fsp3) is 0. The standard InChI is InChI=1S/C10H6ClNO2S/c11-9-3-2-8-7(12-9)5-6(15-8)1-4-10(13)14/h1-5H,(H,13,14)/b4-1+. The van der Waals surface area contributed by atoms with E-state index in [0.717, 1.165) is 21.2 Å². The largest absolute Gasteiger partial charge is 0.478 e. The maximum absolute atomic E-state index is 10.3. The molecule has 0 aliphatic rings. The molecule has 0 aliphatic carbocycles. The number of pyridine rings is 1. The Morgan fingerprint density at radius 1 is 1.53 bits per heavy atom. The lowest BCUT2D eigenvalue weighted by Gasteiger charge is -1.87. The Labute approximate surface area is 94.6 Å². The topological polar surface area (TPSA) is 50.2 Å². The molecule has 0 fully saturated rings. The summed E-state index contributed by atoms with van der Waals surface area (Å²) in [7, 11) is 0. The van der Waals surface area contributed by atoms with Gasteiger partial charge in [0, 0.05) is 11.0 Å². The maximum atomic E-state index is 10.3. The lowest BCUT2D eigenvalue weighted by molar-refractivity contribution is -0.131. The molecule has 3 nitrogen and oxygen atoms in total. The van der Waals surface area contributed by atoms with Gasteiger partial charge in [0.05, 0.1) is 10.2 Å². The summed E-state index contributed by atoms with van der Waals surface area (Å²) < 4.78 is 0.990. The van der Waals surface area contributed by atoms with Crippen molar-refractivity contribution in [1.82, 2.24) is 4.98 Å². The van der Waals surface area contributed by atoms with Crippen molar-refractivity contribution in [2.24, 2.45) is 0 Å². The fourth-order valence-corrected chi connectivity index (χ4v) is 2.21. The van der Waals surface area contributed by atoms with Crippen LogP contribution < -0.4 is 0 Å². The molecule has 0 aliphatic heterocycles. The Kier molecular flexibility index (Phi) is 2.70. The number of fused-ring (bicyclic) bond motifs is 1. The third-order valence-electron chi connectivity index (χ3n) is 1.75. The van der Waals surface area contributed by atoms with Crippen LogP contribution >= 0.6 is 22.9 Å². The van der Waals surface area contributed by atoms with Crippen molar-refractivity contribution >= 4 is 45.2 Å². The van der Waals surface area contributed by atoms with Crippen LogP contribution in [-0.4, -0.2) is 16.1 Å². The smallest absolute Gasteiger partial charge is 0.328 e. The van der Waals surface area contributed by atoms with Crippen LogP contribution in [0.3, 0.4) is 0 Å². The van der Waals surface area contributed by atoms with E-state index >= 15 is 0 Å². The van der Waals surface area contributed by atoms with Gasteiger partial charge in [0.2, 0.25) is 0 Å². The van der Waals surface area contributed by atoms with Gasteiger partial charge in [-0.05, 0) is 24.3 Å². The summed E-state index contributed by atoms with van der Waals surface area (Å²) in [5.74, 6) is -0.960.